The summed E-state index contributed by atoms with van der Waals surface area (Å²) in [6.45, 7) is 2.77. The van der Waals surface area contributed by atoms with E-state index in [1.807, 2.05) is 0 Å². The van der Waals surface area contributed by atoms with Crippen molar-refractivity contribution in [2.24, 2.45) is 0 Å². The molecule has 5 heteroatoms. The molecule has 1 N–H and O–H groups in total. The smallest absolute Gasteiger partial charge is 0.338 e. The summed E-state index contributed by atoms with van der Waals surface area (Å²) >= 11 is 0. The second kappa shape index (κ2) is 5.08. The minimum atomic E-state index is -1.22. The van der Waals surface area contributed by atoms with Gasteiger partial charge in [-0.15, -0.1) is 0 Å². The normalized spacial score (nSPS) is 10.8. The zero-order chi connectivity index (χ0) is 10.4. The van der Waals surface area contributed by atoms with E-state index in [1.54, 1.807) is 0 Å². The standard InChI is InChI=1S/C8H10O5/c1-3-6(9)13-7(10)4-5(2)8(11)12/h4H,3H2,1-2H3,(H,11,12)/b5-4-. The Labute approximate surface area is 75.0 Å². The van der Waals surface area contributed by atoms with Gasteiger partial charge in [0.2, 0.25) is 0 Å². The van der Waals surface area contributed by atoms with Crippen LogP contribution in [0.25, 0.3) is 0 Å². The van der Waals surface area contributed by atoms with Crippen LogP contribution >= 0.6 is 0 Å². The molecule has 0 aromatic carbocycles. The van der Waals surface area contributed by atoms with Gasteiger partial charge in [-0.1, -0.05) is 6.92 Å². The molecule has 0 amide bonds. The van der Waals surface area contributed by atoms with Crippen LogP contribution in [0.2, 0.25) is 0 Å². The number of hydrogen-bond acceptors (Lipinski definition) is 4. The average Bonchev–Trinajstić information content (AvgIpc) is 2.03. The van der Waals surface area contributed by atoms with Gasteiger partial charge >= 0.3 is 17.9 Å². The van der Waals surface area contributed by atoms with Gasteiger partial charge in [0.25, 0.3) is 0 Å². The lowest BCUT2D eigenvalue weighted by Gasteiger charge is -1.96. The molecule has 0 aliphatic carbocycles. The van der Waals surface area contributed by atoms with E-state index in [2.05, 4.69) is 4.74 Å². The molecule has 0 atom stereocenters. The molecule has 0 saturated carbocycles. The predicted molar refractivity (Wildman–Crippen MR) is 42.8 cm³/mol. The molecule has 0 aliphatic heterocycles. The van der Waals surface area contributed by atoms with Crippen molar-refractivity contribution in [3.63, 3.8) is 0 Å². The first kappa shape index (κ1) is 11.4. The van der Waals surface area contributed by atoms with Crippen LogP contribution in [0.15, 0.2) is 11.6 Å². The summed E-state index contributed by atoms with van der Waals surface area (Å²) in [5, 5.41) is 8.36. The van der Waals surface area contributed by atoms with Crippen LogP contribution in [0.3, 0.4) is 0 Å². The molecule has 0 unspecified atom stereocenters. The van der Waals surface area contributed by atoms with Crippen molar-refractivity contribution in [3.8, 4) is 0 Å². The summed E-state index contributed by atoms with van der Waals surface area (Å²) in [5.41, 5.74) is -0.172. The third-order valence-electron chi connectivity index (χ3n) is 1.17. The third-order valence-corrected chi connectivity index (χ3v) is 1.17. The van der Waals surface area contributed by atoms with Gasteiger partial charge in [0.05, 0.1) is 0 Å². The van der Waals surface area contributed by atoms with Crippen LogP contribution < -0.4 is 0 Å². The Morgan fingerprint density at radius 2 is 1.92 bits per heavy atom. The van der Waals surface area contributed by atoms with Gasteiger partial charge in [0, 0.05) is 18.1 Å². The van der Waals surface area contributed by atoms with E-state index in [0.29, 0.717) is 0 Å². The first-order valence-corrected chi connectivity index (χ1v) is 3.63. The van der Waals surface area contributed by atoms with Crippen LogP contribution in [0.1, 0.15) is 20.3 Å². The van der Waals surface area contributed by atoms with Gasteiger partial charge < -0.3 is 9.84 Å². The highest BCUT2D eigenvalue weighted by Crippen LogP contribution is 1.94. The van der Waals surface area contributed by atoms with E-state index in [4.69, 9.17) is 5.11 Å². The highest BCUT2D eigenvalue weighted by Gasteiger charge is 2.08. The SMILES string of the molecule is CCC(=O)OC(=O)/C=C(/C)C(=O)O. The minimum Gasteiger partial charge on any atom is -0.478 e. The molecule has 0 heterocycles. The van der Waals surface area contributed by atoms with Gasteiger partial charge in [0.1, 0.15) is 0 Å². The Balaban J connectivity index is 4.23. The van der Waals surface area contributed by atoms with Crippen LogP contribution in [0.5, 0.6) is 0 Å². The first-order chi connectivity index (χ1) is 5.97. The molecule has 0 aliphatic rings. The summed E-state index contributed by atoms with van der Waals surface area (Å²) < 4.78 is 4.20. The number of ether oxygens (including phenoxy) is 1. The van der Waals surface area contributed by atoms with Gasteiger partial charge in [-0.2, -0.15) is 0 Å². The maximum Gasteiger partial charge on any atom is 0.338 e. The van der Waals surface area contributed by atoms with E-state index in [0.717, 1.165) is 6.08 Å². The second-order valence-corrected chi connectivity index (χ2v) is 2.28. The minimum absolute atomic E-state index is 0.0751. The molecule has 72 valence electrons. The Kier molecular flexibility index (Phi) is 4.43. The fourth-order valence-electron chi connectivity index (χ4n) is 0.452. The van der Waals surface area contributed by atoms with Crippen molar-refractivity contribution in [3.05, 3.63) is 11.6 Å². The summed E-state index contributed by atoms with van der Waals surface area (Å²) in [5.74, 6) is -2.85. The number of carbonyl (C=O) groups excluding carboxylic acids is 2. The molecule has 5 nitrogen and oxygen atoms in total. The van der Waals surface area contributed by atoms with E-state index in [1.165, 1.54) is 13.8 Å². The summed E-state index contributed by atoms with van der Waals surface area (Å²) in [6.07, 6.45) is 0.835. The summed E-state index contributed by atoms with van der Waals surface area (Å²) in [6, 6.07) is 0. The van der Waals surface area contributed by atoms with Crippen LogP contribution in [-0.4, -0.2) is 23.0 Å². The van der Waals surface area contributed by atoms with Crippen molar-refractivity contribution in [2.45, 2.75) is 20.3 Å². The number of aliphatic carboxylic acids is 1. The summed E-state index contributed by atoms with van der Waals surface area (Å²) in [4.78, 5) is 31.5. The maximum absolute atomic E-state index is 10.7. The van der Waals surface area contributed by atoms with Crippen molar-refractivity contribution in [1.82, 2.24) is 0 Å². The Hall–Kier alpha value is -1.65. The van der Waals surface area contributed by atoms with E-state index >= 15 is 0 Å². The largest absolute Gasteiger partial charge is 0.478 e. The first-order valence-electron chi connectivity index (χ1n) is 3.63. The van der Waals surface area contributed by atoms with Gasteiger partial charge in [-0.05, 0) is 6.92 Å². The number of carboxylic acid groups (broad SMARTS) is 1. The molecule has 13 heavy (non-hydrogen) atoms. The summed E-state index contributed by atoms with van der Waals surface area (Å²) in [7, 11) is 0. The van der Waals surface area contributed by atoms with Crippen LogP contribution in [0.4, 0.5) is 0 Å². The molecule has 0 spiro atoms. The zero-order valence-electron chi connectivity index (χ0n) is 7.36. The van der Waals surface area contributed by atoms with E-state index in [9.17, 15) is 14.4 Å². The lowest BCUT2D eigenvalue weighted by molar-refractivity contribution is -0.156. The second-order valence-electron chi connectivity index (χ2n) is 2.28. The fourth-order valence-corrected chi connectivity index (χ4v) is 0.452. The molecule has 0 rings (SSSR count). The number of carboxylic acids is 1. The molecule has 0 bridgehead atoms. The molecule has 0 aromatic rings. The number of hydrogen-bond donors (Lipinski definition) is 1. The molecule has 0 radical (unpaired) electrons. The highest BCUT2D eigenvalue weighted by atomic mass is 16.6. The maximum atomic E-state index is 10.7. The topological polar surface area (TPSA) is 80.7 Å². The van der Waals surface area contributed by atoms with Crippen molar-refractivity contribution >= 4 is 17.9 Å². The lowest BCUT2D eigenvalue weighted by Crippen LogP contribution is -2.10. The Morgan fingerprint density at radius 1 is 1.38 bits per heavy atom. The average molecular weight is 186 g/mol. The number of rotatable bonds is 3. The highest BCUT2D eigenvalue weighted by molar-refractivity contribution is 5.98. The Morgan fingerprint density at radius 3 is 2.31 bits per heavy atom. The molecular weight excluding hydrogens is 176 g/mol. The molecule has 0 fully saturated rings. The monoisotopic (exact) mass is 186 g/mol. The van der Waals surface area contributed by atoms with Gasteiger partial charge in [-0.3, -0.25) is 4.79 Å². The van der Waals surface area contributed by atoms with Crippen LogP contribution in [-0.2, 0) is 19.1 Å². The molecule has 0 aromatic heterocycles. The van der Waals surface area contributed by atoms with Crippen molar-refractivity contribution in [1.29, 1.82) is 0 Å². The van der Waals surface area contributed by atoms with Crippen molar-refractivity contribution in [2.75, 3.05) is 0 Å². The van der Waals surface area contributed by atoms with E-state index < -0.39 is 17.9 Å². The third kappa shape index (κ3) is 4.73. The van der Waals surface area contributed by atoms with Crippen LogP contribution in [0, 0.1) is 0 Å². The van der Waals surface area contributed by atoms with Gasteiger partial charge in [-0.25, -0.2) is 9.59 Å². The zero-order valence-corrected chi connectivity index (χ0v) is 7.36. The van der Waals surface area contributed by atoms with E-state index in [-0.39, 0.29) is 12.0 Å². The number of carbonyl (C=O) groups is 3. The quantitative estimate of drug-likeness (QED) is 0.394. The molecular formula is C8H10O5. The molecule has 0 saturated heterocycles. The van der Waals surface area contributed by atoms with Gasteiger partial charge in [0.15, 0.2) is 0 Å². The Bertz CT molecular complexity index is 264. The van der Waals surface area contributed by atoms with Crippen molar-refractivity contribution < 1.29 is 24.2 Å². The fraction of sp³-hybridized carbons (Fsp3) is 0.375. The predicted octanol–water partition coefficient (Wildman–Crippen LogP) is 0.497. The lowest BCUT2D eigenvalue weighted by atomic mass is 10.3. The number of esters is 2.